The average molecular weight is 282 g/mol. The summed E-state index contributed by atoms with van der Waals surface area (Å²) in [4.78, 5) is 23.4. The Morgan fingerprint density at radius 2 is 1.65 bits per heavy atom. The lowest BCUT2D eigenvalue weighted by atomic mass is 9.76. The summed E-state index contributed by atoms with van der Waals surface area (Å²) in [6.45, 7) is 15.8. The average Bonchev–Trinajstić information content (AvgIpc) is 2.34. The molecule has 0 spiro atoms. The van der Waals surface area contributed by atoms with E-state index in [1.807, 2.05) is 34.6 Å². The fraction of sp³-hybridized carbons (Fsp3) is 0.778. The highest BCUT2D eigenvalue weighted by Gasteiger charge is 2.28. The molecule has 0 amide bonds. The van der Waals surface area contributed by atoms with Gasteiger partial charge in [-0.15, -0.1) is 0 Å². The van der Waals surface area contributed by atoms with Crippen molar-refractivity contribution < 1.29 is 9.59 Å². The smallest absolute Gasteiger partial charge is 0.158 e. The summed E-state index contributed by atoms with van der Waals surface area (Å²) in [5, 5.41) is 0. The molecule has 0 atom stereocenters. The van der Waals surface area contributed by atoms with Crippen LogP contribution in [0, 0.1) is 11.3 Å². The fourth-order valence-electron chi connectivity index (χ4n) is 2.24. The van der Waals surface area contributed by atoms with E-state index in [0.717, 1.165) is 18.4 Å². The lowest BCUT2D eigenvalue weighted by Gasteiger charge is -2.26. The summed E-state index contributed by atoms with van der Waals surface area (Å²) in [5.74, 6) is 0.943. The van der Waals surface area contributed by atoms with Crippen LogP contribution in [0.5, 0.6) is 0 Å². The Kier molecular flexibility index (Phi) is 11.6. The van der Waals surface area contributed by atoms with Crippen molar-refractivity contribution in [3.05, 3.63) is 11.6 Å². The maximum atomic E-state index is 12.0. The van der Waals surface area contributed by atoms with Gasteiger partial charge in [0.2, 0.25) is 0 Å². The van der Waals surface area contributed by atoms with Crippen LogP contribution in [0.2, 0.25) is 0 Å². The van der Waals surface area contributed by atoms with Gasteiger partial charge in [0.15, 0.2) is 5.78 Å². The molecule has 2 nitrogen and oxygen atoms in total. The Hall–Kier alpha value is -0.920. The fourth-order valence-corrected chi connectivity index (χ4v) is 2.24. The number of rotatable bonds is 8. The van der Waals surface area contributed by atoms with E-state index in [1.54, 1.807) is 6.92 Å². The van der Waals surface area contributed by atoms with Crippen molar-refractivity contribution in [2.75, 3.05) is 0 Å². The van der Waals surface area contributed by atoms with Gasteiger partial charge in [0.1, 0.15) is 5.78 Å². The maximum Gasteiger partial charge on any atom is 0.158 e. The Balaban J connectivity index is 0. The molecular formula is C18H34O2. The molecule has 118 valence electrons. The van der Waals surface area contributed by atoms with E-state index >= 15 is 0 Å². The highest BCUT2D eigenvalue weighted by Crippen LogP contribution is 2.32. The van der Waals surface area contributed by atoms with Crippen LogP contribution in [0.3, 0.4) is 0 Å². The van der Waals surface area contributed by atoms with Crippen molar-refractivity contribution in [2.45, 2.75) is 81.1 Å². The zero-order valence-electron chi connectivity index (χ0n) is 14.8. The van der Waals surface area contributed by atoms with Gasteiger partial charge < -0.3 is 0 Å². The van der Waals surface area contributed by atoms with E-state index in [2.05, 4.69) is 19.9 Å². The van der Waals surface area contributed by atoms with Crippen LogP contribution in [-0.2, 0) is 9.59 Å². The van der Waals surface area contributed by atoms with Crippen LogP contribution in [0.4, 0.5) is 0 Å². The predicted molar refractivity (Wildman–Crippen MR) is 87.9 cm³/mol. The maximum absolute atomic E-state index is 12.0. The molecule has 0 saturated carbocycles. The van der Waals surface area contributed by atoms with Gasteiger partial charge in [-0.2, -0.15) is 0 Å². The number of carbonyl (C=O) groups is 2. The minimum absolute atomic E-state index is 0.138. The van der Waals surface area contributed by atoms with Crippen molar-refractivity contribution in [2.24, 2.45) is 11.3 Å². The molecule has 0 heterocycles. The summed E-state index contributed by atoms with van der Waals surface area (Å²) >= 11 is 0. The minimum atomic E-state index is -0.337. The van der Waals surface area contributed by atoms with Crippen molar-refractivity contribution in [3.63, 3.8) is 0 Å². The summed E-state index contributed by atoms with van der Waals surface area (Å²) in [7, 11) is 0. The normalized spacial score (nSPS) is 11.9. The van der Waals surface area contributed by atoms with Gasteiger partial charge >= 0.3 is 0 Å². The molecule has 0 saturated heterocycles. The van der Waals surface area contributed by atoms with Crippen LogP contribution in [0.25, 0.3) is 0 Å². The molecule has 0 radical (unpaired) electrons. The molecule has 0 aromatic rings. The van der Waals surface area contributed by atoms with Crippen LogP contribution in [0.15, 0.2) is 11.6 Å². The topological polar surface area (TPSA) is 34.1 Å². The number of carbonyl (C=O) groups excluding carboxylic acids is 2. The first-order valence-corrected chi connectivity index (χ1v) is 7.94. The third kappa shape index (κ3) is 9.06. The van der Waals surface area contributed by atoms with E-state index in [4.69, 9.17) is 0 Å². The Morgan fingerprint density at radius 3 is 2.00 bits per heavy atom. The quantitative estimate of drug-likeness (QED) is 0.562. The molecule has 0 bridgehead atoms. The molecule has 0 N–H and O–H groups in total. The summed E-state index contributed by atoms with van der Waals surface area (Å²) in [6, 6.07) is 0. The van der Waals surface area contributed by atoms with E-state index in [-0.39, 0.29) is 17.0 Å². The standard InChI is InChI=1S/C16H28O2.C2H6/c1-7-15(18)14(10-8-9-12(2)3)16(5,6)11-13(4)17;1-2/h10,12H,7-9,11H2,1-6H3;1-2H3/b14-10-;. The molecule has 0 aliphatic rings. The van der Waals surface area contributed by atoms with Crippen LogP contribution >= 0.6 is 0 Å². The first kappa shape index (κ1) is 21.4. The van der Waals surface area contributed by atoms with Gasteiger partial charge in [0.25, 0.3) is 0 Å². The molecule has 0 aliphatic heterocycles. The second-order valence-electron chi connectivity index (χ2n) is 6.13. The first-order chi connectivity index (χ1) is 9.20. The Labute approximate surface area is 126 Å². The lowest BCUT2D eigenvalue weighted by molar-refractivity contribution is -0.119. The third-order valence-electron chi connectivity index (χ3n) is 3.13. The summed E-state index contributed by atoms with van der Waals surface area (Å²) < 4.78 is 0. The highest BCUT2D eigenvalue weighted by molar-refractivity contribution is 5.97. The van der Waals surface area contributed by atoms with Gasteiger partial charge in [0, 0.05) is 12.8 Å². The van der Waals surface area contributed by atoms with Gasteiger partial charge in [-0.1, -0.05) is 54.5 Å². The van der Waals surface area contributed by atoms with Gasteiger partial charge in [-0.3, -0.25) is 9.59 Å². The van der Waals surface area contributed by atoms with Crippen LogP contribution in [0.1, 0.15) is 81.1 Å². The van der Waals surface area contributed by atoms with Gasteiger partial charge in [-0.25, -0.2) is 0 Å². The molecule has 0 aliphatic carbocycles. The number of ketones is 2. The predicted octanol–water partition coefficient (Wildman–Crippen LogP) is 5.36. The zero-order chi connectivity index (χ0) is 16.3. The van der Waals surface area contributed by atoms with E-state index in [0.29, 0.717) is 18.8 Å². The summed E-state index contributed by atoms with van der Waals surface area (Å²) in [5.41, 5.74) is 0.497. The zero-order valence-corrected chi connectivity index (χ0v) is 14.8. The van der Waals surface area contributed by atoms with Crippen LogP contribution < -0.4 is 0 Å². The molecule has 0 rings (SSSR count). The van der Waals surface area contributed by atoms with Gasteiger partial charge in [0.05, 0.1) is 0 Å². The molecule has 2 heteroatoms. The number of Topliss-reactive ketones (excluding diaryl/α,β-unsaturated/α-hetero) is 2. The molecule has 0 unspecified atom stereocenters. The molecular weight excluding hydrogens is 248 g/mol. The monoisotopic (exact) mass is 282 g/mol. The Morgan fingerprint density at radius 1 is 1.15 bits per heavy atom. The second-order valence-corrected chi connectivity index (χ2v) is 6.13. The number of hydrogen-bond acceptors (Lipinski definition) is 2. The van der Waals surface area contributed by atoms with E-state index in [9.17, 15) is 9.59 Å². The Bertz CT molecular complexity index is 322. The second kappa shape index (κ2) is 10.8. The minimum Gasteiger partial charge on any atom is -0.300 e. The van der Waals surface area contributed by atoms with Gasteiger partial charge in [-0.05, 0) is 36.7 Å². The van der Waals surface area contributed by atoms with Crippen molar-refractivity contribution in [3.8, 4) is 0 Å². The van der Waals surface area contributed by atoms with E-state index < -0.39 is 0 Å². The number of hydrogen-bond donors (Lipinski definition) is 0. The van der Waals surface area contributed by atoms with E-state index in [1.165, 1.54) is 0 Å². The first-order valence-electron chi connectivity index (χ1n) is 7.94. The van der Waals surface area contributed by atoms with Crippen LogP contribution in [-0.4, -0.2) is 11.6 Å². The van der Waals surface area contributed by atoms with Crippen molar-refractivity contribution >= 4 is 11.6 Å². The molecule has 20 heavy (non-hydrogen) atoms. The third-order valence-corrected chi connectivity index (χ3v) is 3.13. The molecule has 0 aromatic heterocycles. The highest BCUT2D eigenvalue weighted by atomic mass is 16.1. The SMILES string of the molecule is CC.CCC(=O)/C(=C/CCC(C)C)C(C)(C)CC(C)=O. The molecule has 0 aromatic carbocycles. The molecule has 0 fully saturated rings. The largest absolute Gasteiger partial charge is 0.300 e. The summed E-state index contributed by atoms with van der Waals surface area (Å²) in [6.07, 6.45) is 4.99. The van der Waals surface area contributed by atoms with Crippen molar-refractivity contribution in [1.29, 1.82) is 0 Å². The van der Waals surface area contributed by atoms with Crippen molar-refractivity contribution in [1.82, 2.24) is 0 Å². The number of allylic oxidation sites excluding steroid dienone is 2. The lowest BCUT2D eigenvalue weighted by Crippen LogP contribution is -2.23.